The molecule has 0 saturated carbocycles. The lowest BCUT2D eigenvalue weighted by Gasteiger charge is -2.23. The highest BCUT2D eigenvalue weighted by Crippen LogP contribution is 2.16. The van der Waals surface area contributed by atoms with Crippen LogP contribution in [0.5, 0.6) is 0 Å². The summed E-state index contributed by atoms with van der Waals surface area (Å²) in [5.74, 6) is -0.746. The van der Waals surface area contributed by atoms with Crippen molar-refractivity contribution in [1.82, 2.24) is 5.32 Å². The van der Waals surface area contributed by atoms with Crippen molar-refractivity contribution in [2.24, 2.45) is 0 Å². The topological polar surface area (TPSA) is 49.3 Å². The summed E-state index contributed by atoms with van der Waals surface area (Å²) in [4.78, 5) is 10.8. The van der Waals surface area contributed by atoms with Gasteiger partial charge in [0.1, 0.15) is 6.04 Å². The zero-order valence-electron chi connectivity index (χ0n) is 5.51. The Balaban J connectivity index is 2.39. The van der Waals surface area contributed by atoms with Gasteiger partial charge < -0.3 is 10.4 Å². The first kappa shape index (κ1) is 8.01. The number of hydrogen-bond acceptors (Lipinski definition) is 2. The third-order valence-corrected chi connectivity index (χ3v) is 2.47. The van der Waals surface area contributed by atoms with Crippen LogP contribution < -0.4 is 5.32 Å². The lowest BCUT2D eigenvalue weighted by Crippen LogP contribution is -2.43. The zero-order chi connectivity index (χ0) is 7.56. The lowest BCUT2D eigenvalue weighted by atomic mass is 10.1. The summed E-state index contributed by atoms with van der Waals surface area (Å²) in [6.07, 6.45) is 1.71. The van der Waals surface area contributed by atoms with E-state index in [0.717, 1.165) is 13.0 Å². The van der Waals surface area contributed by atoms with Gasteiger partial charge in [0.25, 0.3) is 0 Å². The number of alkyl halides is 1. The number of aliphatic carboxylic acids is 1. The average Bonchev–Trinajstić information content (AvgIpc) is 1.88. The van der Waals surface area contributed by atoms with Crippen LogP contribution in [0.25, 0.3) is 0 Å². The first-order valence-corrected chi connectivity index (χ1v) is 4.22. The van der Waals surface area contributed by atoms with Crippen LogP contribution in [0.1, 0.15) is 12.8 Å². The second-order valence-electron chi connectivity index (χ2n) is 2.47. The Morgan fingerprint density at radius 1 is 1.70 bits per heavy atom. The van der Waals surface area contributed by atoms with Crippen LogP contribution in [0.3, 0.4) is 0 Å². The van der Waals surface area contributed by atoms with E-state index < -0.39 is 5.97 Å². The quantitative estimate of drug-likeness (QED) is 0.620. The van der Waals surface area contributed by atoms with Gasteiger partial charge in [-0.2, -0.15) is 0 Å². The largest absolute Gasteiger partial charge is 0.480 e. The number of carboxylic acid groups (broad SMARTS) is 1. The number of nitrogens with one attached hydrogen (secondary N) is 1. The fourth-order valence-corrected chi connectivity index (χ4v) is 1.66. The zero-order valence-corrected chi connectivity index (χ0v) is 7.10. The van der Waals surface area contributed by atoms with Crippen molar-refractivity contribution in [2.75, 3.05) is 6.54 Å². The highest BCUT2D eigenvalue weighted by Gasteiger charge is 2.24. The van der Waals surface area contributed by atoms with E-state index in [9.17, 15) is 4.79 Å². The molecule has 0 aromatic rings. The molecule has 2 N–H and O–H groups in total. The van der Waals surface area contributed by atoms with E-state index in [-0.39, 0.29) is 6.04 Å². The molecule has 0 aliphatic carbocycles. The Morgan fingerprint density at radius 2 is 2.40 bits per heavy atom. The number of halogens is 1. The molecule has 10 heavy (non-hydrogen) atoms. The highest BCUT2D eigenvalue weighted by atomic mass is 79.9. The van der Waals surface area contributed by atoms with E-state index >= 15 is 0 Å². The molecule has 1 unspecified atom stereocenters. The molecular weight excluding hydrogens is 198 g/mol. The molecule has 1 aliphatic rings. The molecule has 1 heterocycles. The molecule has 4 heteroatoms. The minimum atomic E-state index is -0.746. The number of hydrogen-bond donors (Lipinski definition) is 2. The number of piperidine rings is 1. The molecule has 58 valence electrons. The predicted molar refractivity (Wildman–Crippen MR) is 41.4 cm³/mol. The van der Waals surface area contributed by atoms with Gasteiger partial charge in [0.2, 0.25) is 0 Å². The van der Waals surface area contributed by atoms with Gasteiger partial charge in [-0.3, -0.25) is 4.79 Å². The normalized spacial score (nSPS) is 33.7. The summed E-state index contributed by atoms with van der Waals surface area (Å²) in [5.41, 5.74) is 0. The standard InChI is InChI=1S/C6H10BrNO2/c7-4-1-2-8-5(3-4)6(9)10/h4-5,8H,1-3H2,(H,9,10)/t4?,5-/m0/s1. The Kier molecular flexibility index (Phi) is 2.68. The minimum absolute atomic E-state index is 0.349. The van der Waals surface area contributed by atoms with Crippen LogP contribution in [0, 0.1) is 0 Å². The fourth-order valence-electron chi connectivity index (χ4n) is 1.06. The van der Waals surface area contributed by atoms with Gasteiger partial charge in [0.15, 0.2) is 0 Å². The van der Waals surface area contributed by atoms with Gasteiger partial charge in [0, 0.05) is 4.83 Å². The molecule has 1 fully saturated rings. The Hall–Kier alpha value is -0.0900. The second kappa shape index (κ2) is 3.34. The molecule has 0 aromatic heterocycles. The van der Waals surface area contributed by atoms with E-state index in [2.05, 4.69) is 21.2 Å². The van der Waals surface area contributed by atoms with Crippen LogP contribution in [-0.2, 0) is 4.79 Å². The van der Waals surface area contributed by atoms with Crippen LogP contribution in [0.2, 0.25) is 0 Å². The average molecular weight is 208 g/mol. The first-order valence-electron chi connectivity index (χ1n) is 3.30. The molecule has 0 bridgehead atoms. The van der Waals surface area contributed by atoms with Gasteiger partial charge in [0.05, 0.1) is 0 Å². The minimum Gasteiger partial charge on any atom is -0.480 e. The van der Waals surface area contributed by atoms with E-state index in [1.165, 1.54) is 0 Å². The summed E-state index contributed by atoms with van der Waals surface area (Å²) in [5, 5.41) is 11.5. The van der Waals surface area contributed by atoms with Crippen molar-refractivity contribution in [3.63, 3.8) is 0 Å². The Labute approximate surface area is 67.9 Å². The molecule has 3 nitrogen and oxygen atoms in total. The Bertz CT molecular complexity index is 140. The summed E-state index contributed by atoms with van der Waals surface area (Å²) in [6, 6.07) is -0.349. The predicted octanol–water partition coefficient (Wildman–Crippen LogP) is 0.587. The smallest absolute Gasteiger partial charge is 0.320 e. The first-order chi connectivity index (χ1) is 4.70. The van der Waals surface area contributed by atoms with Crippen molar-refractivity contribution in [3.05, 3.63) is 0 Å². The van der Waals surface area contributed by atoms with Crippen LogP contribution in [0.15, 0.2) is 0 Å². The molecule has 0 radical (unpaired) electrons. The molecule has 1 aliphatic heterocycles. The number of rotatable bonds is 1. The maximum atomic E-state index is 10.4. The molecule has 2 atom stereocenters. The molecular formula is C6H10BrNO2. The molecule has 0 spiro atoms. The summed E-state index contributed by atoms with van der Waals surface area (Å²) in [6.45, 7) is 0.798. The molecule has 1 saturated heterocycles. The van der Waals surface area contributed by atoms with E-state index in [0.29, 0.717) is 11.2 Å². The second-order valence-corrected chi connectivity index (χ2v) is 3.76. The van der Waals surface area contributed by atoms with Gasteiger partial charge >= 0.3 is 5.97 Å². The molecule has 0 aromatic carbocycles. The van der Waals surface area contributed by atoms with Crippen molar-refractivity contribution in [2.45, 2.75) is 23.7 Å². The summed E-state index contributed by atoms with van der Waals surface area (Å²) < 4.78 is 0. The number of carbonyl (C=O) groups is 1. The van der Waals surface area contributed by atoms with Crippen LogP contribution in [0.4, 0.5) is 0 Å². The van der Waals surface area contributed by atoms with Gasteiger partial charge in [-0.1, -0.05) is 15.9 Å². The van der Waals surface area contributed by atoms with E-state index in [1.54, 1.807) is 0 Å². The van der Waals surface area contributed by atoms with Gasteiger partial charge in [-0.05, 0) is 19.4 Å². The van der Waals surface area contributed by atoms with E-state index in [1.807, 2.05) is 0 Å². The van der Waals surface area contributed by atoms with Crippen molar-refractivity contribution < 1.29 is 9.90 Å². The van der Waals surface area contributed by atoms with Gasteiger partial charge in [-0.15, -0.1) is 0 Å². The van der Waals surface area contributed by atoms with Crippen molar-refractivity contribution >= 4 is 21.9 Å². The lowest BCUT2D eigenvalue weighted by molar-refractivity contribution is -0.139. The third kappa shape index (κ3) is 1.95. The molecule has 1 rings (SSSR count). The summed E-state index contributed by atoms with van der Waals surface area (Å²) in [7, 11) is 0. The summed E-state index contributed by atoms with van der Waals surface area (Å²) >= 11 is 3.39. The maximum Gasteiger partial charge on any atom is 0.320 e. The third-order valence-electron chi connectivity index (χ3n) is 1.64. The Morgan fingerprint density at radius 3 is 2.80 bits per heavy atom. The highest BCUT2D eigenvalue weighted by molar-refractivity contribution is 9.09. The van der Waals surface area contributed by atoms with Crippen LogP contribution in [-0.4, -0.2) is 28.5 Å². The fraction of sp³-hybridized carbons (Fsp3) is 0.833. The van der Waals surface area contributed by atoms with Gasteiger partial charge in [-0.25, -0.2) is 0 Å². The van der Waals surface area contributed by atoms with Crippen molar-refractivity contribution in [3.8, 4) is 0 Å². The van der Waals surface area contributed by atoms with Crippen LogP contribution >= 0.6 is 15.9 Å². The molecule has 0 amide bonds. The maximum absolute atomic E-state index is 10.4. The monoisotopic (exact) mass is 207 g/mol. The number of carboxylic acids is 1. The SMILES string of the molecule is O=C(O)[C@@H]1CC(Br)CCN1. The van der Waals surface area contributed by atoms with E-state index in [4.69, 9.17) is 5.11 Å². The van der Waals surface area contributed by atoms with Crippen molar-refractivity contribution in [1.29, 1.82) is 0 Å².